The van der Waals surface area contributed by atoms with E-state index in [2.05, 4.69) is 9.97 Å². The highest BCUT2D eigenvalue weighted by Crippen LogP contribution is 2.29. The van der Waals surface area contributed by atoms with Gasteiger partial charge in [0.25, 0.3) is 0 Å². The lowest BCUT2D eigenvalue weighted by Crippen LogP contribution is -2.13. The number of rotatable bonds is 6. The highest BCUT2D eigenvalue weighted by atomic mass is 32.2. The molecule has 2 rings (SSSR count). The molecule has 2 aromatic rings. The quantitative estimate of drug-likeness (QED) is 0.643. The summed E-state index contributed by atoms with van der Waals surface area (Å²) in [7, 11) is -3.68. The number of ether oxygens (including phenoxy) is 1. The van der Waals surface area contributed by atoms with Crippen molar-refractivity contribution >= 4 is 21.7 Å². The molecule has 1 aromatic heterocycles. The molecule has 0 aliphatic rings. The van der Waals surface area contributed by atoms with E-state index in [1.807, 2.05) is 0 Å². The minimum absolute atomic E-state index is 0.0953. The number of H-pyrrole nitrogens is 1. The molecule has 23 heavy (non-hydrogen) atoms. The Labute approximate surface area is 130 Å². The van der Waals surface area contributed by atoms with Gasteiger partial charge in [0.05, 0.1) is 7.11 Å². The summed E-state index contributed by atoms with van der Waals surface area (Å²) in [5, 5.41) is 0. The van der Waals surface area contributed by atoms with Gasteiger partial charge in [-0.25, -0.2) is 13.4 Å². The smallest absolute Gasteiger partial charge is 0.341 e. The van der Waals surface area contributed by atoms with Gasteiger partial charge in [0.2, 0.25) is 9.84 Å². The van der Waals surface area contributed by atoms with Crippen LogP contribution in [-0.2, 0) is 9.84 Å². The second-order valence-electron chi connectivity index (χ2n) is 4.34. The predicted octanol–water partition coefficient (Wildman–Crippen LogP) is 2.31. The second-order valence-corrected chi connectivity index (χ2v) is 6.23. The third-order valence-corrected chi connectivity index (χ3v) is 4.32. The van der Waals surface area contributed by atoms with Gasteiger partial charge < -0.3 is 9.72 Å². The van der Waals surface area contributed by atoms with E-state index in [9.17, 15) is 22.0 Å². The third-order valence-electron chi connectivity index (χ3n) is 2.90. The van der Waals surface area contributed by atoms with E-state index in [4.69, 9.17) is 4.74 Å². The number of nitrogens with one attached hydrogen (secondary N) is 1. The van der Waals surface area contributed by atoms with Crippen LogP contribution in [0.4, 0.5) is 8.78 Å². The number of aromatic amines is 1. The van der Waals surface area contributed by atoms with Gasteiger partial charge in [-0.2, -0.15) is 8.78 Å². The van der Waals surface area contributed by atoms with Gasteiger partial charge >= 0.3 is 5.76 Å². The number of carbonyl (C=O) groups excluding carboxylic acids is 1. The van der Waals surface area contributed by atoms with Crippen LogP contribution in [-0.4, -0.2) is 37.0 Å². The molecular weight excluding hydrogens is 330 g/mol. The van der Waals surface area contributed by atoms with E-state index in [-0.39, 0.29) is 11.3 Å². The summed E-state index contributed by atoms with van der Waals surface area (Å²) in [5.74, 6) is -3.89. The van der Waals surface area contributed by atoms with Gasteiger partial charge in [-0.3, -0.25) is 4.79 Å². The Balaban J connectivity index is 2.34. The molecule has 1 heterocycles. The van der Waals surface area contributed by atoms with Crippen molar-refractivity contribution in [1.29, 1.82) is 0 Å². The number of carbonyl (C=O) groups is 1. The van der Waals surface area contributed by atoms with Gasteiger partial charge in [0.15, 0.2) is 5.78 Å². The van der Waals surface area contributed by atoms with Crippen molar-refractivity contribution in [2.45, 2.75) is 10.7 Å². The number of sulfone groups is 1. The first-order valence-electron chi connectivity index (χ1n) is 6.28. The van der Waals surface area contributed by atoms with Crippen LogP contribution in [0.15, 0.2) is 41.6 Å². The summed E-state index contributed by atoms with van der Waals surface area (Å²) >= 11 is 0. The minimum Gasteiger partial charge on any atom is -0.495 e. The maximum absolute atomic E-state index is 12.6. The number of ketones is 1. The molecule has 0 saturated heterocycles. The van der Waals surface area contributed by atoms with Crippen LogP contribution in [0.5, 0.6) is 5.75 Å². The maximum atomic E-state index is 12.6. The average molecular weight is 342 g/mol. The zero-order valence-corrected chi connectivity index (χ0v) is 12.7. The minimum atomic E-state index is -4.81. The molecule has 0 fully saturated rings. The molecule has 0 bridgehead atoms. The number of allylic oxidation sites excluding steroid dienone is 1. The molecule has 6 nitrogen and oxygen atoms in total. The van der Waals surface area contributed by atoms with E-state index < -0.39 is 26.3 Å². The van der Waals surface area contributed by atoms with Crippen LogP contribution in [0.3, 0.4) is 0 Å². The maximum Gasteiger partial charge on any atom is 0.341 e. The van der Waals surface area contributed by atoms with Crippen LogP contribution in [0.25, 0.3) is 6.08 Å². The van der Waals surface area contributed by atoms with Crippen molar-refractivity contribution in [3.63, 3.8) is 0 Å². The molecule has 0 radical (unpaired) electrons. The molecular formula is C14H12F2N2O4S. The molecule has 9 heteroatoms. The standard InChI is InChI=1S/C14H12F2N2O4S/c1-22-11-8-9(2-4-12(11)23(20,21)14(15)16)10(19)3-5-13-17-6-7-18-13/h2-8,14H,1H3,(H,17,18). The molecule has 0 atom stereocenters. The van der Waals surface area contributed by atoms with E-state index >= 15 is 0 Å². The average Bonchev–Trinajstić information content (AvgIpc) is 3.05. The molecule has 0 amide bonds. The largest absolute Gasteiger partial charge is 0.495 e. The van der Waals surface area contributed by atoms with Crippen molar-refractivity contribution in [3.05, 3.63) is 48.1 Å². The summed E-state index contributed by atoms with van der Waals surface area (Å²) in [6.45, 7) is 0. The summed E-state index contributed by atoms with van der Waals surface area (Å²) in [4.78, 5) is 18.0. The lowest BCUT2D eigenvalue weighted by atomic mass is 10.1. The van der Waals surface area contributed by atoms with Crippen LogP contribution in [0, 0.1) is 0 Å². The van der Waals surface area contributed by atoms with E-state index in [1.54, 1.807) is 6.20 Å². The van der Waals surface area contributed by atoms with Crippen molar-refractivity contribution in [1.82, 2.24) is 9.97 Å². The zero-order chi connectivity index (χ0) is 17.0. The first kappa shape index (κ1) is 16.8. The second kappa shape index (κ2) is 6.69. The van der Waals surface area contributed by atoms with E-state index in [0.717, 1.165) is 25.3 Å². The number of alkyl halides is 2. The van der Waals surface area contributed by atoms with E-state index in [0.29, 0.717) is 5.82 Å². The SMILES string of the molecule is COc1cc(C(=O)C=Cc2ncc[nH]2)ccc1S(=O)(=O)C(F)F. The number of aromatic nitrogens is 2. The Morgan fingerprint density at radius 1 is 1.39 bits per heavy atom. The normalized spacial score (nSPS) is 12.0. The Bertz CT molecular complexity index is 830. The van der Waals surface area contributed by atoms with Crippen molar-refractivity contribution in [2.75, 3.05) is 7.11 Å². The number of methoxy groups -OCH3 is 1. The third kappa shape index (κ3) is 3.62. The van der Waals surface area contributed by atoms with Gasteiger partial charge in [0.1, 0.15) is 16.5 Å². The summed E-state index contributed by atoms with van der Waals surface area (Å²) in [6.07, 6.45) is 5.74. The fraction of sp³-hybridized carbons (Fsp3) is 0.143. The molecule has 0 aliphatic carbocycles. The van der Waals surface area contributed by atoms with Crippen molar-refractivity contribution in [3.8, 4) is 5.75 Å². The first-order chi connectivity index (χ1) is 10.9. The molecule has 0 saturated carbocycles. The van der Waals surface area contributed by atoms with Crippen LogP contribution in [0.2, 0.25) is 0 Å². The monoisotopic (exact) mass is 342 g/mol. The molecule has 1 aromatic carbocycles. The van der Waals surface area contributed by atoms with Gasteiger partial charge in [-0.05, 0) is 30.4 Å². The first-order valence-corrected chi connectivity index (χ1v) is 7.82. The fourth-order valence-corrected chi connectivity index (χ4v) is 2.64. The Hall–Kier alpha value is -2.55. The fourth-order valence-electron chi connectivity index (χ4n) is 1.77. The van der Waals surface area contributed by atoms with Crippen molar-refractivity contribution in [2.24, 2.45) is 0 Å². The van der Waals surface area contributed by atoms with Crippen LogP contribution in [0.1, 0.15) is 16.2 Å². The zero-order valence-electron chi connectivity index (χ0n) is 11.9. The molecule has 122 valence electrons. The lowest BCUT2D eigenvalue weighted by Gasteiger charge is -2.10. The van der Waals surface area contributed by atoms with E-state index in [1.165, 1.54) is 18.3 Å². The number of nitrogens with zero attached hydrogens (tertiary/aromatic N) is 1. The number of imidazole rings is 1. The Morgan fingerprint density at radius 2 is 2.13 bits per heavy atom. The van der Waals surface area contributed by atoms with Gasteiger partial charge in [0, 0.05) is 18.0 Å². The predicted molar refractivity (Wildman–Crippen MR) is 78.1 cm³/mol. The van der Waals surface area contributed by atoms with Gasteiger partial charge in [-0.1, -0.05) is 0 Å². The topological polar surface area (TPSA) is 89.1 Å². The summed E-state index contributed by atoms with van der Waals surface area (Å²) < 4.78 is 53.1. The summed E-state index contributed by atoms with van der Waals surface area (Å²) in [5.41, 5.74) is 0.0953. The van der Waals surface area contributed by atoms with Gasteiger partial charge in [-0.15, -0.1) is 0 Å². The number of hydrogen-bond acceptors (Lipinski definition) is 5. The molecule has 0 aliphatic heterocycles. The highest BCUT2D eigenvalue weighted by molar-refractivity contribution is 7.91. The number of halogens is 2. The molecule has 1 N–H and O–H groups in total. The Morgan fingerprint density at radius 3 is 2.70 bits per heavy atom. The molecule has 0 unspecified atom stereocenters. The number of hydrogen-bond donors (Lipinski definition) is 1. The highest BCUT2D eigenvalue weighted by Gasteiger charge is 2.30. The Kier molecular flexibility index (Phi) is 4.89. The van der Waals surface area contributed by atoms with Crippen LogP contribution >= 0.6 is 0 Å². The van der Waals surface area contributed by atoms with Crippen LogP contribution < -0.4 is 4.74 Å². The summed E-state index contributed by atoms with van der Waals surface area (Å²) in [6, 6.07) is 3.17. The lowest BCUT2D eigenvalue weighted by molar-refractivity contribution is 0.104. The molecule has 0 spiro atoms. The van der Waals surface area contributed by atoms with Crippen molar-refractivity contribution < 1.29 is 26.7 Å². The number of benzene rings is 1.